The summed E-state index contributed by atoms with van der Waals surface area (Å²) in [5.41, 5.74) is 0.552. The summed E-state index contributed by atoms with van der Waals surface area (Å²) in [4.78, 5) is 49.8. The van der Waals surface area contributed by atoms with Gasteiger partial charge < -0.3 is 10.1 Å². The van der Waals surface area contributed by atoms with E-state index in [1.807, 2.05) is 0 Å². The Morgan fingerprint density at radius 1 is 1.15 bits per heavy atom. The molecule has 2 aromatic rings. The number of nitrogens with zero attached hydrogens (tertiary/aromatic N) is 1. The van der Waals surface area contributed by atoms with Crippen molar-refractivity contribution in [3.8, 4) is 0 Å². The number of thiol groups is 1. The molecule has 1 aromatic carbocycles. The van der Waals surface area contributed by atoms with Gasteiger partial charge in [0.2, 0.25) is 5.91 Å². The van der Waals surface area contributed by atoms with Gasteiger partial charge in [-0.3, -0.25) is 19.3 Å². The summed E-state index contributed by atoms with van der Waals surface area (Å²) in [6.07, 6.45) is 0.00987. The number of rotatable bonds is 7. The lowest BCUT2D eigenvalue weighted by molar-refractivity contribution is -0.151. The van der Waals surface area contributed by atoms with Gasteiger partial charge in [-0.25, -0.2) is 4.79 Å². The zero-order valence-corrected chi connectivity index (χ0v) is 16.2. The fourth-order valence-corrected chi connectivity index (χ4v) is 3.05. The molecule has 7 nitrogen and oxygen atoms in total. The Morgan fingerprint density at radius 2 is 1.85 bits per heavy atom. The first-order chi connectivity index (χ1) is 12.9. The van der Waals surface area contributed by atoms with E-state index in [1.54, 1.807) is 54.8 Å². The van der Waals surface area contributed by atoms with Gasteiger partial charge in [-0.1, -0.05) is 31.2 Å². The molecule has 0 fully saturated rings. The SMILES string of the molecule is CCC(=O)N(C(=O)c1cccs1)C(S)C(=O)OCC(=O)Nc1ccccc1. The minimum atomic E-state index is -1.45. The number of nitrogens with one attached hydrogen (secondary N) is 1. The number of hydrogen-bond acceptors (Lipinski definition) is 7. The van der Waals surface area contributed by atoms with Crippen LogP contribution in [0.5, 0.6) is 0 Å². The summed E-state index contributed by atoms with van der Waals surface area (Å²) < 4.78 is 4.91. The molecule has 142 valence electrons. The number of para-hydroxylation sites is 1. The van der Waals surface area contributed by atoms with Crippen LogP contribution in [-0.4, -0.2) is 40.6 Å². The molecule has 0 saturated heterocycles. The van der Waals surface area contributed by atoms with Gasteiger partial charge in [0.15, 0.2) is 12.0 Å². The van der Waals surface area contributed by atoms with Crippen molar-refractivity contribution in [2.45, 2.75) is 18.7 Å². The maximum Gasteiger partial charge on any atom is 0.340 e. The van der Waals surface area contributed by atoms with Crippen LogP contribution in [0.25, 0.3) is 0 Å². The van der Waals surface area contributed by atoms with Crippen LogP contribution in [0.15, 0.2) is 47.8 Å². The molecule has 0 saturated carbocycles. The Bertz CT molecular complexity index is 808. The molecule has 0 spiro atoms. The van der Waals surface area contributed by atoms with E-state index in [0.717, 1.165) is 16.2 Å². The smallest absolute Gasteiger partial charge is 0.340 e. The topological polar surface area (TPSA) is 92.8 Å². The molecule has 0 radical (unpaired) electrons. The van der Waals surface area contributed by atoms with Crippen LogP contribution in [0.2, 0.25) is 0 Å². The zero-order valence-electron chi connectivity index (χ0n) is 14.5. The molecule has 3 amide bonds. The Balaban J connectivity index is 1.98. The van der Waals surface area contributed by atoms with Gasteiger partial charge in [0.05, 0.1) is 4.88 Å². The van der Waals surface area contributed by atoms with Gasteiger partial charge in [-0.05, 0) is 23.6 Å². The fourth-order valence-electron chi connectivity index (χ4n) is 2.09. The molecule has 0 aliphatic carbocycles. The van der Waals surface area contributed by atoms with Crippen LogP contribution in [0, 0.1) is 0 Å². The normalized spacial score (nSPS) is 11.3. The molecule has 1 atom stereocenters. The van der Waals surface area contributed by atoms with Gasteiger partial charge >= 0.3 is 5.97 Å². The van der Waals surface area contributed by atoms with Crippen LogP contribution in [-0.2, 0) is 19.1 Å². The van der Waals surface area contributed by atoms with E-state index in [4.69, 9.17) is 4.74 Å². The minimum Gasteiger partial charge on any atom is -0.453 e. The molecule has 1 aromatic heterocycles. The highest BCUT2D eigenvalue weighted by atomic mass is 32.1. The third kappa shape index (κ3) is 5.66. The molecule has 0 aliphatic heterocycles. The number of carbonyl (C=O) groups excluding carboxylic acids is 4. The third-order valence-electron chi connectivity index (χ3n) is 3.38. The lowest BCUT2D eigenvalue weighted by atomic mass is 10.3. The van der Waals surface area contributed by atoms with E-state index in [9.17, 15) is 19.2 Å². The molecular formula is C18H18N2O5S2. The van der Waals surface area contributed by atoms with Crippen molar-refractivity contribution in [3.05, 3.63) is 52.7 Å². The average Bonchev–Trinajstić information content (AvgIpc) is 3.21. The number of imide groups is 1. The number of thiophene rings is 1. The van der Waals surface area contributed by atoms with Crippen molar-refractivity contribution in [3.63, 3.8) is 0 Å². The predicted octanol–water partition coefficient (Wildman–Crippen LogP) is 2.56. The zero-order chi connectivity index (χ0) is 19.8. The van der Waals surface area contributed by atoms with Gasteiger partial charge in [0, 0.05) is 12.1 Å². The second-order valence-corrected chi connectivity index (χ2v) is 6.73. The molecule has 9 heteroatoms. The first-order valence-electron chi connectivity index (χ1n) is 8.03. The Kier molecular flexibility index (Phi) is 7.56. The largest absolute Gasteiger partial charge is 0.453 e. The van der Waals surface area contributed by atoms with E-state index in [-0.39, 0.29) is 6.42 Å². The fraction of sp³-hybridized carbons (Fsp3) is 0.222. The van der Waals surface area contributed by atoms with Gasteiger partial charge in [0.25, 0.3) is 11.8 Å². The van der Waals surface area contributed by atoms with Crippen molar-refractivity contribution in [1.82, 2.24) is 4.90 Å². The van der Waals surface area contributed by atoms with E-state index < -0.39 is 35.7 Å². The molecule has 1 N–H and O–H groups in total. The predicted molar refractivity (Wildman–Crippen MR) is 105 cm³/mol. The highest BCUT2D eigenvalue weighted by Gasteiger charge is 2.33. The number of esters is 1. The number of anilines is 1. The molecule has 0 aliphatic rings. The molecule has 1 unspecified atom stereocenters. The summed E-state index contributed by atoms with van der Waals surface area (Å²) in [6, 6.07) is 11.9. The standard InChI is InChI=1S/C18H18N2O5S2/c1-2-15(22)20(16(23)13-9-6-10-27-13)17(26)18(24)25-11-14(21)19-12-7-4-3-5-8-12/h3-10,17,26H,2,11H2,1H3,(H,19,21). The van der Waals surface area contributed by atoms with Crippen molar-refractivity contribution in [2.24, 2.45) is 0 Å². The van der Waals surface area contributed by atoms with E-state index >= 15 is 0 Å². The number of amides is 3. The Hall–Kier alpha value is -2.65. The average molecular weight is 406 g/mol. The van der Waals surface area contributed by atoms with Crippen molar-refractivity contribution >= 4 is 53.3 Å². The second kappa shape index (κ2) is 9.89. The number of benzene rings is 1. The summed E-state index contributed by atoms with van der Waals surface area (Å²) in [6.45, 7) is 1.00. The van der Waals surface area contributed by atoms with Gasteiger partial charge in [-0.15, -0.1) is 24.0 Å². The first kappa shape index (κ1) is 20.7. The monoisotopic (exact) mass is 406 g/mol. The van der Waals surface area contributed by atoms with Crippen LogP contribution in [0.4, 0.5) is 5.69 Å². The van der Waals surface area contributed by atoms with E-state index in [0.29, 0.717) is 10.6 Å². The highest BCUT2D eigenvalue weighted by molar-refractivity contribution is 7.81. The quantitative estimate of drug-likeness (QED) is 0.419. The molecule has 2 rings (SSSR count). The summed E-state index contributed by atoms with van der Waals surface area (Å²) >= 11 is 5.21. The van der Waals surface area contributed by atoms with Crippen LogP contribution < -0.4 is 5.32 Å². The molecular weight excluding hydrogens is 388 g/mol. The molecule has 0 bridgehead atoms. The maximum atomic E-state index is 12.5. The van der Waals surface area contributed by atoms with Crippen molar-refractivity contribution < 1.29 is 23.9 Å². The number of hydrogen-bond donors (Lipinski definition) is 2. The molecule has 1 heterocycles. The third-order valence-corrected chi connectivity index (χ3v) is 4.68. The van der Waals surface area contributed by atoms with E-state index in [2.05, 4.69) is 17.9 Å². The second-order valence-electron chi connectivity index (χ2n) is 5.30. The number of carbonyl (C=O) groups is 4. The summed E-state index contributed by atoms with van der Waals surface area (Å²) in [7, 11) is 0. The van der Waals surface area contributed by atoms with Gasteiger partial charge in [0.1, 0.15) is 0 Å². The van der Waals surface area contributed by atoms with Crippen LogP contribution >= 0.6 is 24.0 Å². The van der Waals surface area contributed by atoms with Crippen molar-refractivity contribution in [2.75, 3.05) is 11.9 Å². The maximum absolute atomic E-state index is 12.5. The Labute approximate surface area is 165 Å². The minimum absolute atomic E-state index is 0.00987. The summed E-state index contributed by atoms with van der Waals surface area (Å²) in [5.74, 6) is -2.72. The van der Waals surface area contributed by atoms with Crippen LogP contribution in [0.3, 0.4) is 0 Å². The van der Waals surface area contributed by atoms with Crippen molar-refractivity contribution in [1.29, 1.82) is 0 Å². The lowest BCUT2D eigenvalue weighted by Gasteiger charge is -2.24. The number of ether oxygens (including phenoxy) is 1. The molecule has 27 heavy (non-hydrogen) atoms. The lowest BCUT2D eigenvalue weighted by Crippen LogP contribution is -2.46. The van der Waals surface area contributed by atoms with Crippen LogP contribution in [0.1, 0.15) is 23.0 Å². The van der Waals surface area contributed by atoms with E-state index in [1.165, 1.54) is 0 Å². The first-order valence-corrected chi connectivity index (χ1v) is 9.43. The Morgan fingerprint density at radius 3 is 2.44 bits per heavy atom. The van der Waals surface area contributed by atoms with Gasteiger partial charge in [-0.2, -0.15) is 0 Å². The highest BCUT2D eigenvalue weighted by Crippen LogP contribution is 2.18. The summed E-state index contributed by atoms with van der Waals surface area (Å²) in [5, 5.41) is 2.79.